The number of ether oxygens (including phenoxy) is 2. The average Bonchev–Trinajstić information content (AvgIpc) is 2.69. The Hall–Kier alpha value is -3.32. The van der Waals surface area contributed by atoms with E-state index in [9.17, 15) is 14.4 Å². The Balaban J connectivity index is 1.44. The number of fused-ring (bicyclic) bond motifs is 1. The van der Waals surface area contributed by atoms with E-state index in [0.29, 0.717) is 22.9 Å². The molecule has 3 rings (SSSR count). The van der Waals surface area contributed by atoms with Gasteiger partial charge in [0.2, 0.25) is 0 Å². The number of hydrogen-bond acceptors (Lipinski definition) is 6. The van der Waals surface area contributed by atoms with Crippen LogP contribution in [0.25, 0.3) is 11.0 Å². The summed E-state index contributed by atoms with van der Waals surface area (Å²) in [6.45, 7) is 1.30. The molecule has 1 amide bonds. The molecule has 1 aromatic heterocycles. The first-order valence-corrected chi connectivity index (χ1v) is 9.12. The van der Waals surface area contributed by atoms with Crippen molar-refractivity contribution in [2.24, 2.45) is 0 Å². The normalized spacial score (nSPS) is 10.6. The molecule has 0 aliphatic heterocycles. The van der Waals surface area contributed by atoms with Gasteiger partial charge < -0.3 is 19.2 Å². The van der Waals surface area contributed by atoms with Crippen LogP contribution in [0.15, 0.2) is 57.7 Å². The maximum absolute atomic E-state index is 11.8. The Bertz CT molecular complexity index is 1090. The van der Waals surface area contributed by atoms with E-state index < -0.39 is 24.1 Å². The summed E-state index contributed by atoms with van der Waals surface area (Å²) in [5, 5.41) is 4.02. The molecule has 0 aliphatic carbocycles. The molecule has 1 heterocycles. The molecule has 0 saturated heterocycles. The van der Waals surface area contributed by atoms with Gasteiger partial charge in [0.1, 0.15) is 11.3 Å². The molecule has 0 aliphatic rings. The summed E-state index contributed by atoms with van der Waals surface area (Å²) in [6, 6.07) is 13.3. The molecule has 0 saturated carbocycles. The third kappa shape index (κ3) is 5.83. The number of rotatable bonds is 7. The Kier molecular flexibility index (Phi) is 6.51. The van der Waals surface area contributed by atoms with Gasteiger partial charge in [-0.25, -0.2) is 9.59 Å². The van der Waals surface area contributed by atoms with E-state index in [1.165, 1.54) is 12.1 Å². The van der Waals surface area contributed by atoms with E-state index in [1.807, 2.05) is 0 Å². The molecule has 0 bridgehead atoms. The van der Waals surface area contributed by atoms with Crippen molar-refractivity contribution in [1.29, 1.82) is 0 Å². The third-order valence-corrected chi connectivity index (χ3v) is 4.30. The van der Waals surface area contributed by atoms with E-state index in [-0.39, 0.29) is 6.61 Å². The van der Waals surface area contributed by atoms with Gasteiger partial charge in [-0.3, -0.25) is 4.79 Å². The van der Waals surface area contributed by atoms with Crippen LogP contribution in [0.5, 0.6) is 5.75 Å². The first-order valence-electron chi connectivity index (χ1n) is 8.75. The van der Waals surface area contributed by atoms with Crippen LogP contribution in [0.1, 0.15) is 11.1 Å². The van der Waals surface area contributed by atoms with Crippen LogP contribution in [0.2, 0.25) is 5.02 Å². The number of carbonyl (C=O) groups excluding carboxylic acids is 2. The predicted octanol–water partition coefficient (Wildman–Crippen LogP) is 2.99. The summed E-state index contributed by atoms with van der Waals surface area (Å²) >= 11 is 5.80. The zero-order chi connectivity index (χ0) is 20.8. The predicted molar refractivity (Wildman–Crippen MR) is 107 cm³/mol. The zero-order valence-corrected chi connectivity index (χ0v) is 16.3. The van der Waals surface area contributed by atoms with Gasteiger partial charge in [-0.05, 0) is 42.3 Å². The highest BCUT2D eigenvalue weighted by molar-refractivity contribution is 6.30. The second-order valence-electron chi connectivity index (χ2n) is 6.26. The molecule has 2 aromatic carbocycles. The van der Waals surface area contributed by atoms with Crippen LogP contribution in [0.4, 0.5) is 0 Å². The molecule has 0 spiro atoms. The van der Waals surface area contributed by atoms with Gasteiger partial charge in [0.15, 0.2) is 13.2 Å². The molecule has 150 valence electrons. The summed E-state index contributed by atoms with van der Waals surface area (Å²) in [4.78, 5) is 35.0. The largest absolute Gasteiger partial charge is 0.482 e. The molecule has 0 fully saturated rings. The molecule has 0 unspecified atom stereocenters. The number of carbonyl (C=O) groups is 2. The molecule has 0 atom stereocenters. The highest BCUT2D eigenvalue weighted by atomic mass is 35.5. The minimum absolute atomic E-state index is 0.297. The number of benzene rings is 2. The zero-order valence-electron chi connectivity index (χ0n) is 15.6. The van der Waals surface area contributed by atoms with Crippen molar-refractivity contribution in [1.82, 2.24) is 5.32 Å². The number of halogens is 1. The van der Waals surface area contributed by atoms with Gasteiger partial charge in [-0.2, -0.15) is 0 Å². The maximum atomic E-state index is 11.8. The molecular formula is C21H18ClNO6. The number of aryl methyl sites for hydroxylation is 1. The van der Waals surface area contributed by atoms with Crippen molar-refractivity contribution in [3.05, 3.63) is 75.1 Å². The fraction of sp³-hybridized carbons (Fsp3) is 0.190. The van der Waals surface area contributed by atoms with Crippen LogP contribution in [0, 0.1) is 6.92 Å². The molecule has 1 N–H and O–H groups in total. The summed E-state index contributed by atoms with van der Waals surface area (Å²) < 4.78 is 15.4. The Morgan fingerprint density at radius 2 is 1.83 bits per heavy atom. The highest BCUT2D eigenvalue weighted by Gasteiger charge is 2.10. The Morgan fingerprint density at radius 1 is 1.07 bits per heavy atom. The van der Waals surface area contributed by atoms with Crippen molar-refractivity contribution in [2.45, 2.75) is 13.5 Å². The van der Waals surface area contributed by atoms with Gasteiger partial charge in [0.05, 0.1) is 0 Å². The number of nitrogens with one attached hydrogen (secondary N) is 1. The second kappa shape index (κ2) is 9.25. The van der Waals surface area contributed by atoms with Gasteiger partial charge >= 0.3 is 11.6 Å². The lowest BCUT2D eigenvalue weighted by molar-refractivity contribution is -0.150. The fourth-order valence-corrected chi connectivity index (χ4v) is 2.70. The van der Waals surface area contributed by atoms with E-state index >= 15 is 0 Å². The van der Waals surface area contributed by atoms with Gasteiger partial charge in [-0.1, -0.05) is 23.7 Å². The molecule has 8 heteroatoms. The van der Waals surface area contributed by atoms with E-state index in [2.05, 4.69) is 5.32 Å². The molecule has 29 heavy (non-hydrogen) atoms. The molecule has 3 aromatic rings. The number of esters is 1. The standard InChI is InChI=1S/C21H18ClNO6/c1-13-8-20(25)29-18-9-16(6-7-17(13)18)27-12-21(26)28-11-19(24)23-10-14-2-4-15(22)5-3-14/h2-9H,10-12H2,1H3,(H,23,24). The number of hydrogen-bond donors (Lipinski definition) is 1. The third-order valence-electron chi connectivity index (χ3n) is 4.05. The van der Waals surface area contributed by atoms with Crippen LogP contribution in [-0.4, -0.2) is 25.1 Å². The summed E-state index contributed by atoms with van der Waals surface area (Å²) in [5.41, 5.74) is 1.56. The quantitative estimate of drug-likeness (QED) is 0.471. The SMILES string of the molecule is Cc1cc(=O)oc2cc(OCC(=O)OCC(=O)NCc3ccc(Cl)cc3)ccc12. The van der Waals surface area contributed by atoms with Gasteiger partial charge in [-0.15, -0.1) is 0 Å². The van der Waals surface area contributed by atoms with Crippen molar-refractivity contribution in [3.63, 3.8) is 0 Å². The van der Waals surface area contributed by atoms with Crippen LogP contribution in [0.3, 0.4) is 0 Å². The molecular weight excluding hydrogens is 398 g/mol. The fourth-order valence-electron chi connectivity index (χ4n) is 2.58. The number of amides is 1. The highest BCUT2D eigenvalue weighted by Crippen LogP contribution is 2.22. The van der Waals surface area contributed by atoms with Crippen LogP contribution < -0.4 is 15.7 Å². The van der Waals surface area contributed by atoms with E-state index in [1.54, 1.807) is 43.3 Å². The van der Waals surface area contributed by atoms with Crippen LogP contribution >= 0.6 is 11.6 Å². The summed E-state index contributed by atoms with van der Waals surface area (Å²) in [5.74, 6) is -0.788. The first kappa shape index (κ1) is 20.4. The lowest BCUT2D eigenvalue weighted by Gasteiger charge is -2.09. The summed E-state index contributed by atoms with van der Waals surface area (Å²) in [7, 11) is 0. The Morgan fingerprint density at radius 3 is 2.59 bits per heavy atom. The van der Waals surface area contributed by atoms with Crippen molar-refractivity contribution in [3.8, 4) is 5.75 Å². The van der Waals surface area contributed by atoms with Crippen molar-refractivity contribution >= 4 is 34.4 Å². The van der Waals surface area contributed by atoms with Crippen LogP contribution in [-0.2, 0) is 20.9 Å². The minimum atomic E-state index is -0.697. The first-order chi connectivity index (χ1) is 13.9. The van der Waals surface area contributed by atoms with Crippen molar-refractivity contribution in [2.75, 3.05) is 13.2 Å². The lowest BCUT2D eigenvalue weighted by atomic mass is 10.1. The second-order valence-corrected chi connectivity index (χ2v) is 6.70. The van der Waals surface area contributed by atoms with Gasteiger partial charge in [0.25, 0.3) is 5.91 Å². The minimum Gasteiger partial charge on any atom is -0.482 e. The Labute approximate surface area is 171 Å². The van der Waals surface area contributed by atoms with E-state index in [0.717, 1.165) is 16.5 Å². The molecule has 7 nitrogen and oxygen atoms in total. The lowest BCUT2D eigenvalue weighted by Crippen LogP contribution is -2.29. The van der Waals surface area contributed by atoms with Gasteiger partial charge in [0, 0.05) is 29.1 Å². The van der Waals surface area contributed by atoms with Crippen molar-refractivity contribution < 1.29 is 23.5 Å². The van der Waals surface area contributed by atoms with E-state index in [4.69, 9.17) is 25.5 Å². The topological polar surface area (TPSA) is 94.8 Å². The smallest absolute Gasteiger partial charge is 0.344 e. The summed E-state index contributed by atoms with van der Waals surface area (Å²) in [6.07, 6.45) is 0. The molecule has 0 radical (unpaired) electrons. The maximum Gasteiger partial charge on any atom is 0.344 e. The average molecular weight is 416 g/mol. The monoisotopic (exact) mass is 415 g/mol.